The summed E-state index contributed by atoms with van der Waals surface area (Å²) in [5, 5.41) is 1.00. The number of ether oxygens (including phenoxy) is 2. The molecule has 1 aromatic heterocycles. The second-order valence-electron chi connectivity index (χ2n) is 9.46. The van der Waals surface area contributed by atoms with E-state index in [2.05, 4.69) is 22.0 Å². The van der Waals surface area contributed by atoms with Gasteiger partial charge in [0.25, 0.3) is 0 Å². The molecule has 0 bridgehead atoms. The number of benzene rings is 1. The number of carbonyl (C=O) groups is 1. The molecule has 6 nitrogen and oxygen atoms in total. The number of rotatable bonds is 4. The Morgan fingerprint density at radius 1 is 1.30 bits per heavy atom. The van der Waals surface area contributed by atoms with E-state index in [0.29, 0.717) is 18.1 Å². The van der Waals surface area contributed by atoms with Crippen molar-refractivity contribution in [1.29, 1.82) is 0 Å². The molecule has 162 valence electrons. The minimum Gasteiger partial charge on any atom is -0.472 e. The third-order valence-corrected chi connectivity index (χ3v) is 7.30. The van der Waals surface area contributed by atoms with Crippen molar-refractivity contribution in [3.63, 3.8) is 0 Å². The molecule has 1 aromatic carbocycles. The van der Waals surface area contributed by atoms with E-state index < -0.39 is 0 Å². The maximum absolute atomic E-state index is 13.0. The van der Waals surface area contributed by atoms with E-state index in [1.54, 1.807) is 0 Å². The van der Waals surface area contributed by atoms with Crippen molar-refractivity contribution in [2.75, 3.05) is 40.3 Å². The van der Waals surface area contributed by atoms with E-state index >= 15 is 0 Å². The van der Waals surface area contributed by atoms with Crippen molar-refractivity contribution in [3.8, 4) is 5.75 Å². The van der Waals surface area contributed by atoms with Crippen LogP contribution in [0.4, 0.5) is 0 Å². The number of hydrogen-bond acceptors (Lipinski definition) is 5. The molecule has 6 heteroatoms. The number of aryl methyl sites for hydroxylation is 1. The molecule has 4 heterocycles. The third kappa shape index (κ3) is 3.12. The van der Waals surface area contributed by atoms with E-state index in [0.717, 1.165) is 54.8 Å². The van der Waals surface area contributed by atoms with Crippen LogP contribution in [0.1, 0.15) is 53.7 Å². The van der Waals surface area contributed by atoms with Crippen LogP contribution in [0.3, 0.4) is 0 Å². The van der Waals surface area contributed by atoms with Gasteiger partial charge in [-0.2, -0.15) is 0 Å². The van der Waals surface area contributed by atoms with E-state index in [9.17, 15) is 4.79 Å². The van der Waals surface area contributed by atoms with Gasteiger partial charge in [0.05, 0.1) is 5.56 Å². The Morgan fingerprint density at radius 3 is 2.97 bits per heavy atom. The minimum absolute atomic E-state index is 0.144. The van der Waals surface area contributed by atoms with Gasteiger partial charge < -0.3 is 19.4 Å². The molecule has 2 atom stereocenters. The smallest absolute Gasteiger partial charge is 0.340 e. The Balaban J connectivity index is 1.54. The molecule has 30 heavy (non-hydrogen) atoms. The SMILES string of the molecule is Cc1[nH]c2ccc3c(c2c1C(=O)OCCN(C)C)CC1CCCN2CCCCC12O3. The Morgan fingerprint density at radius 2 is 2.13 bits per heavy atom. The van der Waals surface area contributed by atoms with Crippen molar-refractivity contribution in [1.82, 2.24) is 14.8 Å². The Kier molecular flexibility index (Phi) is 5.02. The maximum Gasteiger partial charge on any atom is 0.340 e. The molecule has 2 saturated heterocycles. The van der Waals surface area contributed by atoms with Crippen molar-refractivity contribution >= 4 is 16.9 Å². The zero-order valence-corrected chi connectivity index (χ0v) is 18.4. The molecule has 0 amide bonds. The van der Waals surface area contributed by atoms with Crippen LogP contribution in [0.25, 0.3) is 10.9 Å². The number of H-pyrrole nitrogens is 1. The second-order valence-corrected chi connectivity index (χ2v) is 9.46. The fraction of sp³-hybridized carbons (Fsp3) is 0.625. The molecule has 0 radical (unpaired) electrons. The Hall–Kier alpha value is -2.05. The summed E-state index contributed by atoms with van der Waals surface area (Å²) in [4.78, 5) is 21.0. The van der Waals surface area contributed by atoms with Crippen LogP contribution in [0.5, 0.6) is 5.75 Å². The monoisotopic (exact) mass is 411 g/mol. The lowest BCUT2D eigenvalue weighted by Gasteiger charge is -2.56. The van der Waals surface area contributed by atoms with E-state index in [4.69, 9.17) is 9.47 Å². The molecule has 2 fully saturated rings. The number of nitrogens with one attached hydrogen (secondary N) is 1. The van der Waals surface area contributed by atoms with Gasteiger partial charge in [0.1, 0.15) is 12.4 Å². The lowest BCUT2D eigenvalue weighted by molar-refractivity contribution is -0.177. The first-order valence-electron chi connectivity index (χ1n) is 11.4. The number of likely N-dealkylation sites (N-methyl/N-ethyl adjacent to an activating group) is 1. The van der Waals surface area contributed by atoms with Crippen LogP contribution in [0.2, 0.25) is 0 Å². The van der Waals surface area contributed by atoms with Crippen molar-refractivity contribution < 1.29 is 14.3 Å². The predicted molar refractivity (Wildman–Crippen MR) is 117 cm³/mol. The molecular formula is C24H33N3O3. The summed E-state index contributed by atoms with van der Waals surface area (Å²) < 4.78 is 12.5. The van der Waals surface area contributed by atoms with Gasteiger partial charge in [-0.15, -0.1) is 0 Å². The van der Waals surface area contributed by atoms with Gasteiger partial charge in [0.2, 0.25) is 0 Å². The van der Waals surface area contributed by atoms with Gasteiger partial charge in [-0.05, 0) is 65.3 Å². The van der Waals surface area contributed by atoms with Crippen LogP contribution in [-0.4, -0.2) is 66.8 Å². The van der Waals surface area contributed by atoms with Crippen molar-refractivity contribution in [2.24, 2.45) is 5.92 Å². The van der Waals surface area contributed by atoms with Crippen molar-refractivity contribution in [3.05, 3.63) is 29.0 Å². The first kappa shape index (κ1) is 19.9. The second kappa shape index (κ2) is 7.57. The predicted octanol–water partition coefficient (Wildman–Crippen LogP) is 3.72. The summed E-state index contributed by atoms with van der Waals surface area (Å²) in [5.74, 6) is 1.20. The molecular weight excluding hydrogens is 378 g/mol. The number of piperidine rings is 2. The van der Waals surface area contributed by atoms with E-state index in [1.165, 1.54) is 31.2 Å². The quantitative estimate of drug-likeness (QED) is 0.777. The summed E-state index contributed by atoms with van der Waals surface area (Å²) >= 11 is 0. The number of carbonyl (C=O) groups excluding carboxylic acids is 1. The highest BCUT2D eigenvalue weighted by Gasteiger charge is 2.52. The standard InChI is InChI=1S/C24H33N3O3/c1-16-21(23(28)29-14-13-26(2)3)22-18-15-17-7-6-12-27-11-5-4-10-24(17,27)30-20(18)9-8-19(22)25-16/h8-9,17,25H,4-7,10-15H2,1-3H3. The maximum atomic E-state index is 13.0. The highest BCUT2D eigenvalue weighted by Crippen LogP contribution is 2.50. The number of fused-ring (bicyclic) bond motifs is 3. The van der Waals surface area contributed by atoms with Crippen LogP contribution in [0, 0.1) is 12.8 Å². The largest absolute Gasteiger partial charge is 0.472 e. The van der Waals surface area contributed by atoms with Crippen LogP contribution >= 0.6 is 0 Å². The zero-order chi connectivity index (χ0) is 20.9. The molecule has 0 saturated carbocycles. The van der Waals surface area contributed by atoms with Crippen LogP contribution in [-0.2, 0) is 11.2 Å². The first-order chi connectivity index (χ1) is 14.5. The normalized spacial score (nSPS) is 26.1. The summed E-state index contributed by atoms with van der Waals surface area (Å²) in [6, 6.07) is 4.16. The van der Waals surface area contributed by atoms with E-state index in [1.807, 2.05) is 25.9 Å². The Labute approximate surface area is 178 Å². The van der Waals surface area contributed by atoms with E-state index in [-0.39, 0.29) is 11.7 Å². The van der Waals surface area contributed by atoms with Crippen LogP contribution in [0.15, 0.2) is 12.1 Å². The number of aromatic nitrogens is 1. The van der Waals surface area contributed by atoms with Gasteiger partial charge in [0.15, 0.2) is 5.72 Å². The average molecular weight is 412 g/mol. The van der Waals surface area contributed by atoms with Gasteiger partial charge in [-0.3, -0.25) is 4.90 Å². The van der Waals surface area contributed by atoms with Gasteiger partial charge >= 0.3 is 5.97 Å². The first-order valence-corrected chi connectivity index (χ1v) is 11.4. The average Bonchev–Trinajstić information content (AvgIpc) is 3.07. The molecule has 3 aliphatic heterocycles. The molecule has 2 unspecified atom stereocenters. The fourth-order valence-corrected chi connectivity index (χ4v) is 5.86. The lowest BCUT2D eigenvalue weighted by Crippen LogP contribution is -2.64. The summed E-state index contributed by atoms with van der Waals surface area (Å²) in [6.07, 6.45) is 7.01. The van der Waals surface area contributed by atoms with Gasteiger partial charge in [-0.25, -0.2) is 4.79 Å². The van der Waals surface area contributed by atoms with Crippen molar-refractivity contribution in [2.45, 2.75) is 51.2 Å². The molecule has 1 N–H and O–H groups in total. The summed E-state index contributed by atoms with van der Waals surface area (Å²) in [7, 11) is 3.96. The summed E-state index contributed by atoms with van der Waals surface area (Å²) in [6.45, 7) is 5.35. The Bertz CT molecular complexity index is 964. The molecule has 1 spiro atoms. The minimum atomic E-state index is -0.239. The molecule has 3 aliphatic rings. The van der Waals surface area contributed by atoms with Gasteiger partial charge in [0, 0.05) is 54.1 Å². The fourth-order valence-electron chi connectivity index (χ4n) is 5.86. The lowest BCUT2D eigenvalue weighted by atomic mass is 9.74. The van der Waals surface area contributed by atoms with Gasteiger partial charge in [-0.1, -0.05) is 0 Å². The van der Waals surface area contributed by atoms with Crippen LogP contribution < -0.4 is 4.74 Å². The topological polar surface area (TPSA) is 57.8 Å². The highest BCUT2D eigenvalue weighted by atomic mass is 16.5. The molecule has 2 aromatic rings. The third-order valence-electron chi connectivity index (χ3n) is 7.30. The number of hydrogen-bond donors (Lipinski definition) is 1. The number of aromatic amines is 1. The number of nitrogens with zero attached hydrogens (tertiary/aromatic N) is 2. The zero-order valence-electron chi connectivity index (χ0n) is 18.4. The molecule has 0 aliphatic carbocycles. The molecule has 5 rings (SSSR count). The summed E-state index contributed by atoms with van der Waals surface area (Å²) in [5.41, 5.74) is 3.59. The number of esters is 1. The highest BCUT2D eigenvalue weighted by molar-refractivity contribution is 6.07.